The van der Waals surface area contributed by atoms with Gasteiger partial charge >= 0.3 is 0 Å². The Labute approximate surface area is 77.9 Å². The molecule has 0 aliphatic heterocycles. The summed E-state index contributed by atoms with van der Waals surface area (Å²) in [6.07, 6.45) is 0. The number of carbonyl (C=O) groups excluding carboxylic acids is 1. The highest BCUT2D eigenvalue weighted by Crippen LogP contribution is 2.07. The van der Waals surface area contributed by atoms with Crippen molar-refractivity contribution in [2.45, 2.75) is 27.7 Å². The molecule has 0 fully saturated rings. The van der Waals surface area contributed by atoms with Gasteiger partial charge in [-0.15, -0.1) is 0 Å². The molecule has 1 atom stereocenters. The summed E-state index contributed by atoms with van der Waals surface area (Å²) in [6.45, 7) is 10.2. The molecule has 1 amide bonds. The van der Waals surface area contributed by atoms with Gasteiger partial charge in [-0.25, -0.2) is 0 Å². The Morgan fingerprint density at radius 2 is 1.50 bits per heavy atom. The highest BCUT2D eigenvalue weighted by molar-refractivity contribution is 7.39. The molecule has 0 aliphatic rings. The lowest BCUT2D eigenvalue weighted by atomic mass is 10.1. The summed E-state index contributed by atoms with van der Waals surface area (Å²) < 4.78 is 0. The lowest BCUT2D eigenvalue weighted by molar-refractivity contribution is 0.208. The second kappa shape index (κ2) is 5.53. The molecule has 0 rings (SSSR count). The molecule has 0 N–H and O–H groups in total. The molecule has 0 radical (unpaired) electrons. The van der Waals surface area contributed by atoms with Gasteiger partial charge < -0.3 is 4.90 Å². The van der Waals surface area contributed by atoms with E-state index in [4.69, 9.17) is 0 Å². The van der Waals surface area contributed by atoms with Gasteiger partial charge in [0.1, 0.15) is 0 Å². The highest BCUT2D eigenvalue weighted by atomic mass is 31.0. The minimum absolute atomic E-state index is 0.109. The van der Waals surface area contributed by atoms with Crippen LogP contribution in [0.1, 0.15) is 27.7 Å². The quantitative estimate of drug-likeness (QED) is 0.622. The Kier molecular flexibility index (Phi) is 5.48. The second-order valence-electron chi connectivity index (χ2n) is 4.03. The number of hydrogen-bond acceptors (Lipinski definition) is 1. The standard InChI is InChI=1S/C9H20NOP/c1-7(2)5-10(9(11)12)6-8(3)4/h7-8H,5-6,12H2,1-4H3. The molecular formula is C9H20NOP. The minimum atomic E-state index is 0.109. The maximum atomic E-state index is 11.1. The Morgan fingerprint density at radius 3 is 1.67 bits per heavy atom. The van der Waals surface area contributed by atoms with E-state index in [1.165, 1.54) is 0 Å². The van der Waals surface area contributed by atoms with Crippen molar-refractivity contribution in [2.75, 3.05) is 13.1 Å². The molecule has 2 nitrogen and oxygen atoms in total. The van der Waals surface area contributed by atoms with E-state index in [2.05, 4.69) is 36.9 Å². The zero-order valence-corrected chi connectivity index (χ0v) is 9.66. The summed E-state index contributed by atoms with van der Waals surface area (Å²) in [7, 11) is 2.24. The van der Waals surface area contributed by atoms with Gasteiger partial charge in [0.05, 0.1) is 0 Å². The first-order valence-corrected chi connectivity index (χ1v) is 5.05. The molecule has 12 heavy (non-hydrogen) atoms. The predicted molar refractivity (Wildman–Crippen MR) is 56.4 cm³/mol. The van der Waals surface area contributed by atoms with Crippen LogP contribution in [-0.2, 0) is 0 Å². The molecule has 1 unspecified atom stereocenters. The zero-order valence-electron chi connectivity index (χ0n) is 8.50. The maximum Gasteiger partial charge on any atom is 0.237 e. The summed E-state index contributed by atoms with van der Waals surface area (Å²) in [4.78, 5) is 13.0. The van der Waals surface area contributed by atoms with Crippen molar-refractivity contribution in [2.24, 2.45) is 11.8 Å². The van der Waals surface area contributed by atoms with E-state index < -0.39 is 0 Å². The van der Waals surface area contributed by atoms with Crippen LogP contribution in [0.15, 0.2) is 0 Å². The van der Waals surface area contributed by atoms with Gasteiger partial charge in [0.25, 0.3) is 0 Å². The first kappa shape index (κ1) is 11.9. The van der Waals surface area contributed by atoms with Crippen LogP contribution < -0.4 is 0 Å². The van der Waals surface area contributed by atoms with E-state index in [-0.39, 0.29) is 5.65 Å². The molecule has 0 aliphatic carbocycles. The van der Waals surface area contributed by atoms with Crippen molar-refractivity contribution in [1.29, 1.82) is 0 Å². The lowest BCUT2D eigenvalue weighted by Gasteiger charge is -2.24. The van der Waals surface area contributed by atoms with Gasteiger partial charge in [0.2, 0.25) is 5.65 Å². The van der Waals surface area contributed by atoms with Crippen LogP contribution in [0, 0.1) is 11.8 Å². The number of hydrogen-bond donors (Lipinski definition) is 0. The summed E-state index contributed by atoms with van der Waals surface area (Å²) >= 11 is 0. The van der Waals surface area contributed by atoms with Gasteiger partial charge in [-0.1, -0.05) is 27.7 Å². The summed E-state index contributed by atoms with van der Waals surface area (Å²) in [6, 6.07) is 0. The average Bonchev–Trinajstić information content (AvgIpc) is 1.83. The zero-order chi connectivity index (χ0) is 9.72. The fourth-order valence-electron chi connectivity index (χ4n) is 1.14. The molecule has 3 heteroatoms. The third-order valence-corrected chi connectivity index (χ3v) is 1.85. The lowest BCUT2D eigenvalue weighted by Crippen LogP contribution is -2.33. The first-order valence-electron chi connectivity index (χ1n) is 4.47. The van der Waals surface area contributed by atoms with Gasteiger partial charge in [-0.3, -0.25) is 4.79 Å². The number of nitrogens with zero attached hydrogens (tertiary/aromatic N) is 1. The minimum Gasteiger partial charge on any atom is -0.339 e. The van der Waals surface area contributed by atoms with E-state index in [1.807, 2.05) is 4.90 Å². The van der Waals surface area contributed by atoms with Crippen molar-refractivity contribution >= 4 is 14.9 Å². The highest BCUT2D eigenvalue weighted by Gasteiger charge is 2.11. The fraction of sp³-hybridized carbons (Fsp3) is 0.889. The van der Waals surface area contributed by atoms with Crippen LogP contribution in [0.4, 0.5) is 4.79 Å². The Hall–Kier alpha value is -0.100. The third-order valence-electron chi connectivity index (χ3n) is 1.48. The fourth-order valence-corrected chi connectivity index (χ4v) is 1.35. The van der Waals surface area contributed by atoms with Crippen LogP contribution in [0.2, 0.25) is 0 Å². The van der Waals surface area contributed by atoms with Crippen molar-refractivity contribution in [3.63, 3.8) is 0 Å². The van der Waals surface area contributed by atoms with Crippen molar-refractivity contribution in [3.05, 3.63) is 0 Å². The normalized spacial score (nSPS) is 10.9. The Balaban J connectivity index is 3.96. The van der Waals surface area contributed by atoms with E-state index in [0.717, 1.165) is 13.1 Å². The van der Waals surface area contributed by atoms with Crippen LogP contribution in [-0.4, -0.2) is 23.6 Å². The molecule has 0 spiro atoms. The molecule has 72 valence electrons. The average molecular weight is 189 g/mol. The van der Waals surface area contributed by atoms with Crippen LogP contribution in [0.5, 0.6) is 0 Å². The third kappa shape index (κ3) is 5.54. The SMILES string of the molecule is CC(C)CN(CC(C)C)C(=O)P. The predicted octanol–water partition coefficient (Wildman–Crippen LogP) is 2.60. The molecule has 0 saturated heterocycles. The summed E-state index contributed by atoms with van der Waals surface area (Å²) in [5, 5.41) is 0. The maximum absolute atomic E-state index is 11.1. The Morgan fingerprint density at radius 1 is 1.17 bits per heavy atom. The topological polar surface area (TPSA) is 20.3 Å². The summed E-state index contributed by atoms with van der Waals surface area (Å²) in [5.74, 6) is 1.10. The molecule has 0 saturated carbocycles. The summed E-state index contributed by atoms with van der Waals surface area (Å²) in [5.41, 5.74) is 0.109. The molecular weight excluding hydrogens is 169 g/mol. The first-order chi connectivity index (χ1) is 5.43. The van der Waals surface area contributed by atoms with Gasteiger partial charge in [0.15, 0.2) is 0 Å². The monoisotopic (exact) mass is 189 g/mol. The molecule has 0 aromatic heterocycles. The van der Waals surface area contributed by atoms with E-state index in [0.29, 0.717) is 11.8 Å². The second-order valence-corrected chi connectivity index (χ2v) is 4.52. The number of amides is 1. The van der Waals surface area contributed by atoms with Gasteiger partial charge in [-0.2, -0.15) is 0 Å². The van der Waals surface area contributed by atoms with E-state index in [9.17, 15) is 4.79 Å². The largest absolute Gasteiger partial charge is 0.339 e. The molecule has 0 heterocycles. The van der Waals surface area contributed by atoms with Gasteiger partial charge in [-0.05, 0) is 21.1 Å². The van der Waals surface area contributed by atoms with Crippen LogP contribution in [0.25, 0.3) is 0 Å². The molecule has 0 aromatic carbocycles. The van der Waals surface area contributed by atoms with Gasteiger partial charge in [0, 0.05) is 13.1 Å². The van der Waals surface area contributed by atoms with Crippen LogP contribution in [0.3, 0.4) is 0 Å². The van der Waals surface area contributed by atoms with Crippen molar-refractivity contribution in [3.8, 4) is 0 Å². The number of rotatable bonds is 4. The smallest absolute Gasteiger partial charge is 0.237 e. The molecule has 0 aromatic rings. The van der Waals surface area contributed by atoms with E-state index >= 15 is 0 Å². The molecule has 0 bridgehead atoms. The van der Waals surface area contributed by atoms with Crippen LogP contribution >= 0.6 is 9.24 Å². The van der Waals surface area contributed by atoms with Crippen molar-refractivity contribution < 1.29 is 4.79 Å². The van der Waals surface area contributed by atoms with Crippen molar-refractivity contribution in [1.82, 2.24) is 4.90 Å². The number of carbonyl (C=O) groups is 1. The van der Waals surface area contributed by atoms with E-state index in [1.54, 1.807) is 0 Å². The Bertz CT molecular complexity index is 135.